The van der Waals surface area contributed by atoms with E-state index in [1.54, 1.807) is 18.2 Å². The summed E-state index contributed by atoms with van der Waals surface area (Å²) in [6.45, 7) is 3.07. The van der Waals surface area contributed by atoms with Crippen molar-refractivity contribution in [2.45, 2.75) is 25.5 Å². The Labute approximate surface area is 122 Å². The number of hydrogen-bond donors (Lipinski definition) is 2. The lowest BCUT2D eigenvalue weighted by Gasteiger charge is -2.23. The van der Waals surface area contributed by atoms with Crippen molar-refractivity contribution in [2.75, 3.05) is 18.4 Å². The smallest absolute Gasteiger partial charge is 0.241 e. The highest BCUT2D eigenvalue weighted by Crippen LogP contribution is 2.25. The van der Waals surface area contributed by atoms with Gasteiger partial charge in [0.1, 0.15) is 0 Å². The fourth-order valence-electron chi connectivity index (χ4n) is 2.11. The van der Waals surface area contributed by atoms with E-state index >= 15 is 0 Å². The van der Waals surface area contributed by atoms with Crippen molar-refractivity contribution < 1.29 is 9.90 Å². The summed E-state index contributed by atoms with van der Waals surface area (Å²) in [6, 6.07) is 4.63. The van der Waals surface area contributed by atoms with Crippen LogP contribution in [-0.4, -0.2) is 41.1 Å². The molecule has 2 atom stereocenters. The van der Waals surface area contributed by atoms with Crippen LogP contribution in [0.4, 0.5) is 5.69 Å². The van der Waals surface area contributed by atoms with Gasteiger partial charge in [0.2, 0.25) is 5.91 Å². The maximum Gasteiger partial charge on any atom is 0.241 e. The van der Waals surface area contributed by atoms with Crippen LogP contribution >= 0.6 is 23.2 Å². The summed E-state index contributed by atoms with van der Waals surface area (Å²) in [7, 11) is 0. The average molecular weight is 303 g/mol. The van der Waals surface area contributed by atoms with Crippen molar-refractivity contribution in [3.05, 3.63) is 28.2 Å². The average Bonchev–Trinajstić information content (AvgIpc) is 2.78. The van der Waals surface area contributed by atoms with Gasteiger partial charge in [0.05, 0.1) is 22.9 Å². The monoisotopic (exact) mass is 302 g/mol. The number of benzene rings is 1. The van der Waals surface area contributed by atoms with Crippen LogP contribution in [0.1, 0.15) is 13.3 Å². The summed E-state index contributed by atoms with van der Waals surface area (Å²) in [5, 5.41) is 13.2. The first-order valence-electron chi connectivity index (χ1n) is 6.15. The van der Waals surface area contributed by atoms with E-state index in [-0.39, 0.29) is 18.1 Å². The highest BCUT2D eigenvalue weighted by molar-refractivity contribution is 6.36. The molecule has 1 amide bonds. The molecule has 0 aromatic heterocycles. The van der Waals surface area contributed by atoms with Gasteiger partial charge in [-0.3, -0.25) is 9.69 Å². The van der Waals surface area contributed by atoms with Gasteiger partial charge < -0.3 is 10.4 Å². The Balaban J connectivity index is 2.00. The molecule has 2 N–H and O–H groups in total. The van der Waals surface area contributed by atoms with Crippen molar-refractivity contribution in [3.8, 4) is 0 Å². The normalized spacial score (nSPS) is 21.4. The fourth-order valence-corrected chi connectivity index (χ4v) is 2.57. The first-order chi connectivity index (χ1) is 8.97. The third-order valence-corrected chi connectivity index (χ3v) is 3.86. The summed E-state index contributed by atoms with van der Waals surface area (Å²) >= 11 is 11.8. The molecular formula is C13H16Cl2N2O2. The van der Waals surface area contributed by atoms with Crippen molar-refractivity contribution in [3.63, 3.8) is 0 Å². The molecule has 0 radical (unpaired) electrons. The molecule has 19 heavy (non-hydrogen) atoms. The van der Waals surface area contributed by atoms with Crippen LogP contribution < -0.4 is 5.32 Å². The van der Waals surface area contributed by atoms with Crippen molar-refractivity contribution in [2.24, 2.45) is 0 Å². The molecule has 0 aliphatic carbocycles. The Bertz CT molecular complexity index is 482. The van der Waals surface area contributed by atoms with Gasteiger partial charge in [0, 0.05) is 18.1 Å². The molecule has 104 valence electrons. The molecule has 2 rings (SSSR count). The molecule has 0 spiro atoms. The molecule has 4 nitrogen and oxygen atoms in total. The maximum atomic E-state index is 12.1. The van der Waals surface area contributed by atoms with E-state index in [0.717, 1.165) is 6.54 Å². The van der Waals surface area contributed by atoms with Gasteiger partial charge in [-0.25, -0.2) is 0 Å². The van der Waals surface area contributed by atoms with E-state index in [9.17, 15) is 9.90 Å². The number of anilines is 1. The third-order valence-electron chi connectivity index (χ3n) is 3.31. The predicted molar refractivity (Wildman–Crippen MR) is 76.8 cm³/mol. The number of β-amino-alcohol motifs (C(OH)–C–C–N with tert-alkyl or cyclic N) is 1. The van der Waals surface area contributed by atoms with Crippen LogP contribution in [0, 0.1) is 0 Å². The number of aliphatic hydroxyl groups excluding tert-OH is 1. The Morgan fingerprint density at radius 3 is 2.84 bits per heavy atom. The number of hydrogen-bond acceptors (Lipinski definition) is 3. The Morgan fingerprint density at radius 2 is 2.26 bits per heavy atom. The zero-order valence-electron chi connectivity index (χ0n) is 10.6. The lowest BCUT2D eigenvalue weighted by molar-refractivity contribution is -0.120. The van der Waals surface area contributed by atoms with E-state index < -0.39 is 0 Å². The minimum atomic E-state index is -0.339. The Hall–Kier alpha value is -0.810. The van der Waals surface area contributed by atoms with Gasteiger partial charge in [0.25, 0.3) is 0 Å². The number of carbonyl (C=O) groups is 1. The van der Waals surface area contributed by atoms with Gasteiger partial charge in [0.15, 0.2) is 0 Å². The molecule has 1 saturated heterocycles. The number of nitrogens with one attached hydrogen (secondary N) is 1. The van der Waals surface area contributed by atoms with Crippen molar-refractivity contribution in [1.82, 2.24) is 4.90 Å². The quantitative estimate of drug-likeness (QED) is 0.901. The third kappa shape index (κ3) is 3.60. The second kappa shape index (κ2) is 6.09. The van der Waals surface area contributed by atoms with E-state index in [2.05, 4.69) is 5.32 Å². The van der Waals surface area contributed by atoms with E-state index in [1.165, 1.54) is 0 Å². The number of likely N-dealkylation sites (tertiary alicyclic amines) is 1. The Kier molecular flexibility index (Phi) is 4.68. The van der Waals surface area contributed by atoms with Crippen molar-refractivity contribution >= 4 is 34.8 Å². The summed E-state index contributed by atoms with van der Waals surface area (Å²) in [5.41, 5.74) is 0.544. The maximum absolute atomic E-state index is 12.1. The molecule has 1 aromatic carbocycles. The number of amides is 1. The zero-order valence-corrected chi connectivity index (χ0v) is 12.1. The van der Waals surface area contributed by atoms with Gasteiger partial charge in [-0.2, -0.15) is 0 Å². The first kappa shape index (κ1) is 14.6. The zero-order chi connectivity index (χ0) is 14.0. The minimum absolute atomic E-state index is 0.140. The molecule has 1 aliphatic heterocycles. The van der Waals surface area contributed by atoms with Crippen LogP contribution in [0.25, 0.3) is 0 Å². The second-order valence-electron chi connectivity index (χ2n) is 4.73. The number of aliphatic hydroxyl groups is 1. The fraction of sp³-hybridized carbons (Fsp3) is 0.462. The summed E-state index contributed by atoms with van der Waals surface area (Å²) in [5.74, 6) is -0.140. The lowest BCUT2D eigenvalue weighted by atomic mass is 10.2. The van der Waals surface area contributed by atoms with E-state index in [4.69, 9.17) is 23.2 Å². The van der Waals surface area contributed by atoms with Crippen LogP contribution in [0.15, 0.2) is 18.2 Å². The molecule has 0 saturated carbocycles. The topological polar surface area (TPSA) is 52.6 Å². The summed E-state index contributed by atoms with van der Waals surface area (Å²) in [4.78, 5) is 14.1. The lowest BCUT2D eigenvalue weighted by Crippen LogP contribution is -2.41. The van der Waals surface area contributed by atoms with Crippen molar-refractivity contribution in [1.29, 1.82) is 0 Å². The molecule has 1 aliphatic rings. The molecule has 0 bridgehead atoms. The second-order valence-corrected chi connectivity index (χ2v) is 5.57. The highest BCUT2D eigenvalue weighted by atomic mass is 35.5. The van der Waals surface area contributed by atoms with Gasteiger partial charge in [-0.15, -0.1) is 0 Å². The first-order valence-corrected chi connectivity index (χ1v) is 6.91. The molecule has 1 fully saturated rings. The van der Waals surface area contributed by atoms with Crippen LogP contribution in [-0.2, 0) is 4.79 Å². The standard InChI is InChI=1S/C13H16Cl2N2O2/c1-8(17-5-4-10(18)7-17)13(19)16-12-3-2-9(14)6-11(12)15/h2-3,6,8,10,18H,4-5,7H2,1H3,(H,16,19)/t8?,10-/m1/s1. The molecule has 6 heteroatoms. The van der Waals surface area contributed by atoms with Gasteiger partial charge >= 0.3 is 0 Å². The number of rotatable bonds is 3. The predicted octanol–water partition coefficient (Wildman–Crippen LogP) is 2.39. The van der Waals surface area contributed by atoms with Crippen LogP contribution in [0.2, 0.25) is 10.0 Å². The largest absolute Gasteiger partial charge is 0.392 e. The number of nitrogens with zero attached hydrogens (tertiary/aromatic N) is 1. The molecule has 1 heterocycles. The van der Waals surface area contributed by atoms with Crippen LogP contribution in [0.3, 0.4) is 0 Å². The summed E-state index contributed by atoms with van der Waals surface area (Å²) < 4.78 is 0. The van der Waals surface area contributed by atoms with E-state index in [0.29, 0.717) is 28.7 Å². The van der Waals surface area contributed by atoms with Crippen LogP contribution in [0.5, 0.6) is 0 Å². The minimum Gasteiger partial charge on any atom is -0.392 e. The van der Waals surface area contributed by atoms with Gasteiger partial charge in [-0.1, -0.05) is 23.2 Å². The Morgan fingerprint density at radius 1 is 1.53 bits per heavy atom. The number of halogens is 2. The molecule has 1 aromatic rings. The van der Waals surface area contributed by atoms with Gasteiger partial charge in [-0.05, 0) is 31.5 Å². The molecular weight excluding hydrogens is 287 g/mol. The SMILES string of the molecule is CC(C(=O)Nc1ccc(Cl)cc1Cl)N1CC[C@@H](O)C1. The summed E-state index contributed by atoms with van der Waals surface area (Å²) in [6.07, 6.45) is 0.369. The van der Waals surface area contributed by atoms with E-state index in [1.807, 2.05) is 11.8 Å². The molecule has 1 unspecified atom stereocenters. The number of carbonyl (C=O) groups excluding carboxylic acids is 1. The highest BCUT2D eigenvalue weighted by Gasteiger charge is 2.28.